The number of nitrogens with zero attached hydrogens (tertiary/aromatic N) is 2. The van der Waals surface area contributed by atoms with Crippen LogP contribution in [-0.4, -0.2) is 10.5 Å². The van der Waals surface area contributed by atoms with Crippen molar-refractivity contribution < 1.29 is 9.21 Å². The molecule has 0 bridgehead atoms. The van der Waals surface area contributed by atoms with Crippen molar-refractivity contribution in [1.82, 2.24) is 4.57 Å². The summed E-state index contributed by atoms with van der Waals surface area (Å²) in [6.45, 7) is 6.13. The Morgan fingerprint density at radius 1 is 0.921 bits per heavy atom. The summed E-state index contributed by atoms with van der Waals surface area (Å²) >= 11 is 0. The van der Waals surface area contributed by atoms with Gasteiger partial charge in [0.2, 0.25) is 11.8 Å². The molecule has 0 spiro atoms. The zero-order chi connectivity index (χ0) is 26.8. The van der Waals surface area contributed by atoms with Crippen molar-refractivity contribution in [3.63, 3.8) is 0 Å². The van der Waals surface area contributed by atoms with Gasteiger partial charge < -0.3 is 8.98 Å². The molecule has 0 fully saturated rings. The van der Waals surface area contributed by atoms with E-state index in [1.807, 2.05) is 87.5 Å². The average molecular weight is 502 g/mol. The van der Waals surface area contributed by atoms with Crippen LogP contribution in [-0.2, 0) is 11.3 Å². The minimum Gasteiger partial charge on any atom is -0.438 e. The van der Waals surface area contributed by atoms with Crippen LogP contribution in [0.5, 0.6) is 0 Å². The molecule has 0 saturated carbocycles. The molecule has 38 heavy (non-hydrogen) atoms. The van der Waals surface area contributed by atoms with Crippen LogP contribution in [0.3, 0.4) is 0 Å². The van der Waals surface area contributed by atoms with Crippen molar-refractivity contribution in [1.29, 1.82) is 5.26 Å². The zero-order valence-corrected chi connectivity index (χ0v) is 21.5. The minimum absolute atomic E-state index is 0.0400. The van der Waals surface area contributed by atoms with Gasteiger partial charge in [0, 0.05) is 35.5 Å². The highest BCUT2D eigenvalue weighted by molar-refractivity contribution is 5.95. The molecule has 6 nitrogen and oxygen atoms in total. The third-order valence-electron chi connectivity index (χ3n) is 6.68. The Morgan fingerprint density at radius 3 is 2.24 bits per heavy atom. The van der Waals surface area contributed by atoms with Gasteiger partial charge >= 0.3 is 0 Å². The molecule has 0 atom stereocenters. The third kappa shape index (κ3) is 4.62. The number of rotatable bonds is 6. The van der Waals surface area contributed by atoms with E-state index in [-0.39, 0.29) is 35.9 Å². The number of fused-ring (bicyclic) bond motifs is 1. The molecule has 0 aliphatic heterocycles. The number of carbonyl (C=O) groups excluding carboxylic acids is 1. The van der Waals surface area contributed by atoms with Crippen LogP contribution >= 0.6 is 0 Å². The number of pyridine rings is 1. The van der Waals surface area contributed by atoms with Crippen LogP contribution in [0.15, 0.2) is 88.1 Å². The standard InChI is InChI=1S/C32H27N3O3/c1-20-16-22(3)30-25(17-20)21(2)18-28(37)35(30)15-14-27(36)34-32-26(19-33)29(23-10-6-4-7-11-23)31(38-32)24-12-8-5-9-13-24/h4-13,16-18H,14-15H2,1-3H3,(H,34,36). The van der Waals surface area contributed by atoms with Gasteiger partial charge in [-0.2, -0.15) is 5.26 Å². The monoisotopic (exact) mass is 501 g/mol. The fourth-order valence-electron chi connectivity index (χ4n) is 4.99. The van der Waals surface area contributed by atoms with Gasteiger partial charge in [0.15, 0.2) is 0 Å². The first-order valence-electron chi connectivity index (χ1n) is 12.5. The number of anilines is 1. The van der Waals surface area contributed by atoms with Crippen LogP contribution < -0.4 is 10.9 Å². The molecule has 5 aromatic rings. The smallest absolute Gasteiger partial charge is 0.251 e. The van der Waals surface area contributed by atoms with Gasteiger partial charge in [0.05, 0.1) is 5.52 Å². The summed E-state index contributed by atoms with van der Waals surface area (Å²) in [5.41, 5.74) is 6.19. The Morgan fingerprint density at radius 2 is 1.58 bits per heavy atom. The molecule has 0 aliphatic carbocycles. The van der Waals surface area contributed by atoms with Crippen molar-refractivity contribution in [2.75, 3.05) is 5.32 Å². The second kappa shape index (κ2) is 10.2. The van der Waals surface area contributed by atoms with E-state index in [1.54, 1.807) is 10.6 Å². The minimum atomic E-state index is -0.347. The Kier molecular flexibility index (Phi) is 6.68. The molecule has 0 aliphatic rings. The Labute approximate surface area is 220 Å². The Hall–Kier alpha value is -4.89. The molecule has 1 N–H and O–H groups in total. The number of hydrogen-bond donors (Lipinski definition) is 1. The van der Waals surface area contributed by atoms with Gasteiger partial charge in [-0.1, -0.05) is 72.3 Å². The number of aryl methyl sites for hydroxylation is 4. The number of benzene rings is 3. The topological polar surface area (TPSA) is 88.0 Å². The lowest BCUT2D eigenvalue weighted by Crippen LogP contribution is -2.24. The first-order valence-corrected chi connectivity index (χ1v) is 12.5. The van der Waals surface area contributed by atoms with Crippen molar-refractivity contribution in [3.8, 4) is 28.5 Å². The molecule has 1 amide bonds. The van der Waals surface area contributed by atoms with E-state index >= 15 is 0 Å². The zero-order valence-electron chi connectivity index (χ0n) is 21.5. The van der Waals surface area contributed by atoms with Crippen LogP contribution in [0.25, 0.3) is 33.4 Å². The van der Waals surface area contributed by atoms with Crippen molar-refractivity contribution in [2.45, 2.75) is 33.7 Å². The highest BCUT2D eigenvalue weighted by Gasteiger charge is 2.24. The highest BCUT2D eigenvalue weighted by Crippen LogP contribution is 2.41. The second-order valence-electron chi connectivity index (χ2n) is 9.45. The molecular weight excluding hydrogens is 474 g/mol. The lowest BCUT2D eigenvalue weighted by molar-refractivity contribution is -0.116. The molecular formula is C32H27N3O3. The summed E-state index contributed by atoms with van der Waals surface area (Å²) in [5.74, 6) is 0.262. The molecule has 6 heteroatoms. The average Bonchev–Trinajstić information content (AvgIpc) is 3.27. The van der Waals surface area contributed by atoms with Crippen molar-refractivity contribution >= 4 is 22.7 Å². The van der Waals surface area contributed by atoms with Crippen molar-refractivity contribution in [3.05, 3.63) is 111 Å². The molecule has 5 rings (SSSR count). The first kappa shape index (κ1) is 24.8. The maximum absolute atomic E-state index is 13.1. The van der Waals surface area contributed by atoms with E-state index in [0.29, 0.717) is 11.3 Å². The maximum atomic E-state index is 13.1. The lowest BCUT2D eigenvalue weighted by atomic mass is 9.98. The molecule has 2 aromatic heterocycles. The van der Waals surface area contributed by atoms with E-state index in [0.717, 1.165) is 38.7 Å². The normalized spacial score (nSPS) is 10.9. The van der Waals surface area contributed by atoms with Crippen LogP contribution in [0.1, 0.15) is 28.7 Å². The maximum Gasteiger partial charge on any atom is 0.251 e. The summed E-state index contributed by atoms with van der Waals surface area (Å²) in [4.78, 5) is 26.0. The summed E-state index contributed by atoms with van der Waals surface area (Å²) in [5, 5.41) is 13.9. The van der Waals surface area contributed by atoms with Crippen LogP contribution in [0.4, 0.5) is 5.88 Å². The van der Waals surface area contributed by atoms with Crippen molar-refractivity contribution in [2.24, 2.45) is 0 Å². The number of nitriles is 1. The van der Waals surface area contributed by atoms with E-state index in [9.17, 15) is 14.9 Å². The molecule has 188 valence electrons. The number of nitrogens with one attached hydrogen (secondary N) is 1. The van der Waals surface area contributed by atoms with E-state index < -0.39 is 0 Å². The number of aromatic nitrogens is 1. The SMILES string of the molecule is Cc1cc(C)c2c(c1)c(C)cc(=O)n2CCC(=O)Nc1oc(-c2ccccc2)c(-c2ccccc2)c1C#N. The van der Waals surface area contributed by atoms with E-state index in [2.05, 4.69) is 17.5 Å². The van der Waals surface area contributed by atoms with Crippen LogP contribution in [0.2, 0.25) is 0 Å². The van der Waals surface area contributed by atoms with Gasteiger partial charge in [-0.15, -0.1) is 0 Å². The molecule has 3 aromatic carbocycles. The van der Waals surface area contributed by atoms with Crippen LogP contribution in [0, 0.1) is 32.1 Å². The molecule has 0 radical (unpaired) electrons. The first-order chi connectivity index (χ1) is 18.4. The number of carbonyl (C=O) groups is 1. The Balaban J connectivity index is 1.48. The number of amides is 1. The van der Waals surface area contributed by atoms with Gasteiger partial charge in [-0.3, -0.25) is 14.9 Å². The fourth-order valence-corrected chi connectivity index (χ4v) is 4.99. The fraction of sp³-hybridized carbons (Fsp3) is 0.156. The third-order valence-corrected chi connectivity index (χ3v) is 6.68. The van der Waals surface area contributed by atoms with E-state index in [1.165, 1.54) is 0 Å². The summed E-state index contributed by atoms with van der Waals surface area (Å²) in [6.07, 6.45) is 0.0400. The largest absolute Gasteiger partial charge is 0.438 e. The predicted octanol–water partition coefficient (Wildman–Crippen LogP) is 6.75. The molecule has 2 heterocycles. The van der Waals surface area contributed by atoms with E-state index in [4.69, 9.17) is 4.42 Å². The van der Waals surface area contributed by atoms with Gasteiger partial charge in [-0.05, 0) is 43.5 Å². The second-order valence-corrected chi connectivity index (χ2v) is 9.45. The molecule has 0 unspecified atom stereocenters. The highest BCUT2D eigenvalue weighted by atomic mass is 16.4. The summed E-state index contributed by atoms with van der Waals surface area (Å²) < 4.78 is 7.77. The predicted molar refractivity (Wildman–Crippen MR) is 150 cm³/mol. The van der Waals surface area contributed by atoms with Gasteiger partial charge in [0.25, 0.3) is 5.56 Å². The van der Waals surface area contributed by atoms with Gasteiger partial charge in [-0.25, -0.2) is 0 Å². The Bertz CT molecular complexity index is 1760. The summed E-state index contributed by atoms with van der Waals surface area (Å²) in [6, 6.07) is 26.9. The number of hydrogen-bond acceptors (Lipinski definition) is 4. The quantitative estimate of drug-likeness (QED) is 0.279. The lowest BCUT2D eigenvalue weighted by Gasteiger charge is -2.15. The number of furan rings is 1. The summed E-state index contributed by atoms with van der Waals surface area (Å²) in [7, 11) is 0. The van der Waals surface area contributed by atoms with Gasteiger partial charge in [0.1, 0.15) is 17.4 Å². The molecule has 0 saturated heterocycles.